The van der Waals surface area contributed by atoms with E-state index < -0.39 is 16.0 Å². The lowest BCUT2D eigenvalue weighted by atomic mass is 10.1. The molecule has 35 heavy (non-hydrogen) atoms. The summed E-state index contributed by atoms with van der Waals surface area (Å²) in [5.74, 6) is 0.276. The zero-order valence-corrected chi connectivity index (χ0v) is 23.3. The molecular weight excluding hydrogens is 577 g/mol. The topological polar surface area (TPSA) is 72.9 Å². The quantitative estimate of drug-likeness (QED) is 0.242. The number of esters is 1. The molecule has 0 saturated carbocycles. The van der Waals surface area contributed by atoms with Gasteiger partial charge in [-0.05, 0) is 48.9 Å². The van der Waals surface area contributed by atoms with Crippen molar-refractivity contribution in [2.45, 2.75) is 32.3 Å². The number of carbonyl (C=O) groups excluding carboxylic acids is 1. The van der Waals surface area contributed by atoms with Crippen molar-refractivity contribution in [3.05, 3.63) is 85.8 Å². The summed E-state index contributed by atoms with van der Waals surface area (Å²) in [5, 5.41) is 0.755. The summed E-state index contributed by atoms with van der Waals surface area (Å²) in [5.41, 5.74) is 1.31. The Labute approximate surface area is 223 Å². The Morgan fingerprint density at radius 1 is 0.971 bits per heavy atom. The van der Waals surface area contributed by atoms with Crippen molar-refractivity contribution < 1.29 is 22.7 Å². The van der Waals surface area contributed by atoms with Crippen LogP contribution in [-0.2, 0) is 21.4 Å². The highest BCUT2D eigenvalue weighted by Crippen LogP contribution is 2.33. The number of benzene rings is 3. The van der Waals surface area contributed by atoms with E-state index in [-0.39, 0.29) is 17.1 Å². The Morgan fingerprint density at radius 2 is 1.69 bits per heavy atom. The van der Waals surface area contributed by atoms with E-state index in [4.69, 9.17) is 32.7 Å². The molecule has 3 aromatic rings. The van der Waals surface area contributed by atoms with Crippen LogP contribution in [0.3, 0.4) is 0 Å². The second-order valence-corrected chi connectivity index (χ2v) is 11.2. The Hall–Kier alpha value is -2.10. The lowest BCUT2D eigenvalue weighted by Gasteiger charge is -2.20. The van der Waals surface area contributed by atoms with Crippen LogP contribution >= 0.6 is 39.1 Å². The van der Waals surface area contributed by atoms with E-state index in [1.54, 1.807) is 69.3 Å². The molecule has 3 rings (SSSR count). The predicted molar refractivity (Wildman–Crippen MR) is 141 cm³/mol. The first-order valence-electron chi connectivity index (χ1n) is 10.8. The third-order valence-electron chi connectivity index (χ3n) is 5.25. The number of hydrogen-bond acceptors (Lipinski definition) is 5. The first-order chi connectivity index (χ1) is 16.6. The van der Waals surface area contributed by atoms with Gasteiger partial charge in [-0.25, -0.2) is 13.2 Å². The number of sulfonamides is 1. The Bertz CT molecular complexity index is 1340. The van der Waals surface area contributed by atoms with Gasteiger partial charge in [-0.15, -0.1) is 0 Å². The Kier molecular flexibility index (Phi) is 9.23. The van der Waals surface area contributed by atoms with Crippen LogP contribution in [0.5, 0.6) is 11.5 Å². The minimum atomic E-state index is -3.73. The third-order valence-corrected chi connectivity index (χ3v) is 8.68. The van der Waals surface area contributed by atoms with Crippen LogP contribution in [0, 0.1) is 6.92 Å². The molecule has 0 aromatic heterocycles. The van der Waals surface area contributed by atoms with Gasteiger partial charge in [-0.2, -0.15) is 4.31 Å². The van der Waals surface area contributed by atoms with Crippen LogP contribution in [0.15, 0.2) is 64.0 Å². The van der Waals surface area contributed by atoms with Crippen molar-refractivity contribution in [2.75, 3.05) is 13.1 Å². The van der Waals surface area contributed by atoms with Gasteiger partial charge in [-0.3, -0.25) is 0 Å². The average Bonchev–Trinajstić information content (AvgIpc) is 2.81. The van der Waals surface area contributed by atoms with Gasteiger partial charge >= 0.3 is 5.97 Å². The first-order valence-corrected chi connectivity index (χ1v) is 13.7. The van der Waals surface area contributed by atoms with Crippen molar-refractivity contribution in [3.63, 3.8) is 0 Å². The Balaban J connectivity index is 1.82. The number of ether oxygens (including phenoxy) is 2. The molecule has 0 atom stereocenters. The van der Waals surface area contributed by atoms with Crippen LogP contribution < -0.4 is 4.74 Å². The van der Waals surface area contributed by atoms with Gasteiger partial charge < -0.3 is 9.47 Å². The second-order valence-electron chi connectivity index (χ2n) is 7.58. The maximum atomic E-state index is 13.0. The molecule has 0 heterocycles. The van der Waals surface area contributed by atoms with Gasteiger partial charge in [0.25, 0.3) is 0 Å². The van der Waals surface area contributed by atoms with Gasteiger partial charge in [0.15, 0.2) is 0 Å². The van der Waals surface area contributed by atoms with E-state index in [1.807, 2.05) is 0 Å². The zero-order chi connectivity index (χ0) is 25.8. The van der Waals surface area contributed by atoms with Crippen molar-refractivity contribution >= 4 is 55.1 Å². The molecule has 0 saturated heterocycles. The molecule has 186 valence electrons. The molecule has 0 fully saturated rings. The van der Waals surface area contributed by atoms with E-state index in [0.717, 1.165) is 4.47 Å². The number of halogens is 3. The fourth-order valence-electron chi connectivity index (χ4n) is 3.34. The van der Waals surface area contributed by atoms with Crippen molar-refractivity contribution in [3.8, 4) is 11.5 Å². The molecule has 0 radical (unpaired) electrons. The summed E-state index contributed by atoms with van der Waals surface area (Å²) >= 11 is 15.5. The van der Waals surface area contributed by atoms with Gasteiger partial charge in [0, 0.05) is 29.2 Å². The number of rotatable bonds is 9. The fourth-order valence-corrected chi connectivity index (χ4v) is 5.68. The summed E-state index contributed by atoms with van der Waals surface area (Å²) in [6.45, 7) is 5.81. The predicted octanol–water partition coefficient (Wildman–Crippen LogP) is 7.24. The Morgan fingerprint density at radius 3 is 2.34 bits per heavy atom. The number of carbonyl (C=O) groups is 1. The van der Waals surface area contributed by atoms with Crippen LogP contribution in [0.25, 0.3) is 0 Å². The van der Waals surface area contributed by atoms with E-state index in [9.17, 15) is 13.2 Å². The van der Waals surface area contributed by atoms with Crippen molar-refractivity contribution in [2.24, 2.45) is 0 Å². The maximum absolute atomic E-state index is 13.0. The summed E-state index contributed by atoms with van der Waals surface area (Å²) in [6, 6.07) is 14.7. The highest BCUT2D eigenvalue weighted by Gasteiger charge is 2.25. The molecule has 0 unspecified atom stereocenters. The minimum Gasteiger partial charge on any atom is -0.457 e. The summed E-state index contributed by atoms with van der Waals surface area (Å²) in [4.78, 5) is 12.9. The van der Waals surface area contributed by atoms with Crippen molar-refractivity contribution in [1.29, 1.82) is 0 Å². The van der Waals surface area contributed by atoms with Gasteiger partial charge in [0.05, 0.1) is 20.5 Å². The molecule has 0 N–H and O–H groups in total. The molecule has 3 aromatic carbocycles. The average molecular weight is 601 g/mol. The zero-order valence-electron chi connectivity index (χ0n) is 19.3. The molecule has 6 nitrogen and oxygen atoms in total. The monoisotopic (exact) mass is 599 g/mol. The van der Waals surface area contributed by atoms with Crippen LogP contribution in [0.4, 0.5) is 0 Å². The lowest BCUT2D eigenvalue weighted by Crippen LogP contribution is -2.31. The van der Waals surface area contributed by atoms with E-state index >= 15 is 0 Å². The standard InChI is InChI=1S/C25H24BrCl2NO5S/c1-4-29(5-2)35(31,32)24-12-17(7-6-16(24)3)25(30)33-15-18-8-9-19(26)13-23(18)34-20-10-11-21(27)22(28)14-20/h6-14H,4-5,15H2,1-3H3. The highest BCUT2D eigenvalue weighted by molar-refractivity contribution is 9.10. The SMILES string of the molecule is CCN(CC)S(=O)(=O)c1cc(C(=O)OCc2ccc(Br)cc2Oc2ccc(Cl)c(Cl)c2)ccc1C. The smallest absolute Gasteiger partial charge is 0.338 e. The first kappa shape index (κ1) is 27.5. The second kappa shape index (κ2) is 11.8. The normalized spacial score (nSPS) is 11.5. The fraction of sp³-hybridized carbons (Fsp3) is 0.240. The molecule has 0 spiro atoms. The van der Waals surface area contributed by atoms with Crippen LogP contribution in [-0.4, -0.2) is 31.8 Å². The van der Waals surface area contributed by atoms with Crippen LogP contribution in [0.2, 0.25) is 10.0 Å². The third kappa shape index (κ3) is 6.57. The van der Waals surface area contributed by atoms with Gasteiger partial charge in [0.2, 0.25) is 10.0 Å². The molecule has 0 aliphatic rings. The summed E-state index contributed by atoms with van der Waals surface area (Å²) < 4.78 is 39.6. The highest BCUT2D eigenvalue weighted by atomic mass is 79.9. The van der Waals surface area contributed by atoms with E-state index in [0.29, 0.717) is 45.8 Å². The van der Waals surface area contributed by atoms with Gasteiger partial charge in [-0.1, -0.05) is 65.1 Å². The lowest BCUT2D eigenvalue weighted by molar-refractivity contribution is 0.0470. The summed E-state index contributed by atoms with van der Waals surface area (Å²) in [7, 11) is -3.73. The minimum absolute atomic E-state index is 0.0860. The number of nitrogens with zero attached hydrogens (tertiary/aromatic N) is 1. The van der Waals surface area contributed by atoms with E-state index in [2.05, 4.69) is 15.9 Å². The summed E-state index contributed by atoms with van der Waals surface area (Å²) in [6.07, 6.45) is 0. The van der Waals surface area contributed by atoms with Crippen molar-refractivity contribution in [1.82, 2.24) is 4.31 Å². The molecule has 0 amide bonds. The molecule has 0 bridgehead atoms. The molecule has 0 aliphatic carbocycles. The molecule has 10 heteroatoms. The number of aryl methyl sites for hydroxylation is 1. The molecule has 0 aliphatic heterocycles. The molecular formula is C25H24BrCl2NO5S. The maximum Gasteiger partial charge on any atom is 0.338 e. The van der Waals surface area contributed by atoms with E-state index in [1.165, 1.54) is 10.4 Å². The number of hydrogen-bond donors (Lipinski definition) is 0. The van der Waals surface area contributed by atoms with Crippen LogP contribution in [0.1, 0.15) is 35.3 Å². The largest absolute Gasteiger partial charge is 0.457 e. The van der Waals surface area contributed by atoms with Gasteiger partial charge in [0.1, 0.15) is 18.1 Å².